The number of hydrogen-bond acceptors (Lipinski definition) is 4. The zero-order valence-corrected chi connectivity index (χ0v) is 20.5. The molecule has 0 atom stereocenters. The molecule has 6 rings (SSSR count). The van der Waals surface area contributed by atoms with E-state index in [-0.39, 0.29) is 29.8 Å². The lowest BCUT2D eigenvalue weighted by Gasteiger charge is -2.38. The van der Waals surface area contributed by atoms with Gasteiger partial charge in [-0.25, -0.2) is 9.18 Å². The monoisotopic (exact) mass is 516 g/mol. The number of hydrogen-bond donors (Lipinski definition) is 0. The first kappa shape index (κ1) is 23.4. The summed E-state index contributed by atoms with van der Waals surface area (Å²) in [6.45, 7) is 0.773. The lowest BCUT2D eigenvalue weighted by atomic mass is 9.83. The predicted octanol–water partition coefficient (Wildman–Crippen LogP) is 5.62. The Labute approximate surface area is 217 Å². The van der Waals surface area contributed by atoms with Crippen LogP contribution in [0.3, 0.4) is 0 Å². The van der Waals surface area contributed by atoms with Crippen LogP contribution in [0.25, 0.3) is 10.9 Å². The van der Waals surface area contributed by atoms with Gasteiger partial charge in [0.15, 0.2) is 5.78 Å². The summed E-state index contributed by atoms with van der Waals surface area (Å²) in [6, 6.07) is 18.1. The Balaban J connectivity index is 1.27. The van der Waals surface area contributed by atoms with E-state index in [1.54, 1.807) is 46.0 Å². The number of rotatable bonds is 4. The SMILES string of the molecule is O=C(Cn1cc(C(=O)N2CCC3(CC2)OC(=O)c2ccccc23)c2ccc(Cl)cc21)c1cccc(F)c1. The lowest BCUT2D eigenvalue weighted by Crippen LogP contribution is -2.45. The van der Waals surface area contributed by atoms with Gasteiger partial charge in [0.05, 0.1) is 23.2 Å². The number of nitrogens with zero attached hydrogens (tertiary/aromatic N) is 2. The van der Waals surface area contributed by atoms with Crippen molar-refractivity contribution in [1.29, 1.82) is 0 Å². The number of carbonyl (C=O) groups excluding carboxylic acids is 3. The van der Waals surface area contributed by atoms with E-state index in [4.69, 9.17) is 16.3 Å². The van der Waals surface area contributed by atoms with E-state index in [9.17, 15) is 18.8 Å². The Bertz CT molecular complexity index is 1590. The van der Waals surface area contributed by atoms with Crippen LogP contribution in [0.4, 0.5) is 4.39 Å². The molecular weight excluding hydrogens is 495 g/mol. The van der Waals surface area contributed by atoms with Crippen LogP contribution in [-0.2, 0) is 16.9 Å². The molecule has 1 amide bonds. The fourth-order valence-electron chi connectivity index (χ4n) is 5.43. The highest BCUT2D eigenvalue weighted by atomic mass is 35.5. The Kier molecular flexibility index (Phi) is 5.60. The molecule has 0 radical (unpaired) electrons. The van der Waals surface area contributed by atoms with Gasteiger partial charge in [-0.2, -0.15) is 0 Å². The van der Waals surface area contributed by atoms with Gasteiger partial charge in [0.2, 0.25) is 0 Å². The molecule has 6 nitrogen and oxygen atoms in total. The number of ether oxygens (including phenoxy) is 1. The Morgan fingerprint density at radius 2 is 1.78 bits per heavy atom. The Hall–Kier alpha value is -3.97. The number of fused-ring (bicyclic) bond motifs is 3. The first-order valence-corrected chi connectivity index (χ1v) is 12.4. The molecule has 0 saturated carbocycles. The predicted molar refractivity (Wildman–Crippen MR) is 136 cm³/mol. The Morgan fingerprint density at radius 3 is 2.57 bits per heavy atom. The molecule has 2 aliphatic heterocycles. The summed E-state index contributed by atoms with van der Waals surface area (Å²) in [7, 11) is 0. The number of likely N-dealkylation sites (tertiary alicyclic amines) is 1. The summed E-state index contributed by atoms with van der Waals surface area (Å²) in [6.07, 6.45) is 2.67. The van der Waals surface area contributed by atoms with Crippen LogP contribution in [0.1, 0.15) is 49.5 Å². The molecule has 1 spiro atoms. The number of piperidine rings is 1. The molecule has 0 aliphatic carbocycles. The number of ketones is 1. The quantitative estimate of drug-likeness (QED) is 0.261. The topological polar surface area (TPSA) is 68.6 Å². The third kappa shape index (κ3) is 4.00. The maximum absolute atomic E-state index is 13.7. The molecule has 8 heteroatoms. The first-order valence-electron chi connectivity index (χ1n) is 12.0. The van der Waals surface area contributed by atoms with Crippen molar-refractivity contribution in [3.63, 3.8) is 0 Å². The van der Waals surface area contributed by atoms with E-state index in [1.807, 2.05) is 18.2 Å². The number of carbonyl (C=O) groups is 3. The summed E-state index contributed by atoms with van der Waals surface area (Å²) in [4.78, 5) is 40.7. The average Bonchev–Trinajstić information content (AvgIpc) is 3.39. The minimum Gasteiger partial charge on any atom is -0.450 e. The second-order valence-electron chi connectivity index (χ2n) is 9.49. The normalized spacial score (nSPS) is 16.2. The molecule has 186 valence electrons. The molecule has 1 aromatic heterocycles. The highest BCUT2D eigenvalue weighted by Crippen LogP contribution is 2.44. The van der Waals surface area contributed by atoms with Crippen LogP contribution in [0.2, 0.25) is 5.02 Å². The fourth-order valence-corrected chi connectivity index (χ4v) is 5.60. The van der Waals surface area contributed by atoms with Crippen LogP contribution >= 0.6 is 11.6 Å². The summed E-state index contributed by atoms with van der Waals surface area (Å²) in [5.41, 5.74) is 2.12. The number of esters is 1. The third-order valence-electron chi connectivity index (χ3n) is 7.32. The van der Waals surface area contributed by atoms with Crippen LogP contribution in [0.5, 0.6) is 0 Å². The van der Waals surface area contributed by atoms with Gasteiger partial charge < -0.3 is 14.2 Å². The smallest absolute Gasteiger partial charge is 0.339 e. The van der Waals surface area contributed by atoms with E-state index in [2.05, 4.69) is 0 Å². The van der Waals surface area contributed by atoms with Crippen molar-refractivity contribution >= 4 is 40.2 Å². The minimum atomic E-state index is -0.705. The van der Waals surface area contributed by atoms with Gasteiger partial charge >= 0.3 is 5.97 Å². The van der Waals surface area contributed by atoms with E-state index < -0.39 is 11.4 Å². The molecule has 1 fully saturated rings. The van der Waals surface area contributed by atoms with Gasteiger partial charge in [-0.15, -0.1) is 0 Å². The van der Waals surface area contributed by atoms with Gasteiger partial charge in [-0.05, 0) is 30.3 Å². The minimum absolute atomic E-state index is 0.0660. The van der Waals surface area contributed by atoms with Gasteiger partial charge in [0, 0.05) is 53.7 Å². The molecule has 3 heterocycles. The molecule has 4 aromatic rings. The summed E-state index contributed by atoms with van der Waals surface area (Å²) < 4.78 is 21.1. The number of aromatic nitrogens is 1. The van der Waals surface area contributed by atoms with Gasteiger partial charge in [0.25, 0.3) is 5.91 Å². The largest absolute Gasteiger partial charge is 0.450 e. The number of amides is 1. The van der Waals surface area contributed by atoms with Crippen molar-refractivity contribution in [3.8, 4) is 0 Å². The van der Waals surface area contributed by atoms with Crippen molar-refractivity contribution in [1.82, 2.24) is 9.47 Å². The molecule has 3 aromatic carbocycles. The highest BCUT2D eigenvalue weighted by Gasteiger charge is 2.47. The molecule has 0 N–H and O–H groups in total. The molecule has 2 aliphatic rings. The van der Waals surface area contributed by atoms with Crippen LogP contribution in [0.15, 0.2) is 72.9 Å². The van der Waals surface area contributed by atoms with E-state index in [0.717, 1.165) is 5.56 Å². The van der Waals surface area contributed by atoms with Gasteiger partial charge in [0.1, 0.15) is 11.4 Å². The Morgan fingerprint density at radius 1 is 1.00 bits per heavy atom. The van der Waals surface area contributed by atoms with Crippen molar-refractivity contribution in [2.75, 3.05) is 13.1 Å². The second kappa shape index (κ2) is 8.85. The second-order valence-corrected chi connectivity index (χ2v) is 9.92. The highest BCUT2D eigenvalue weighted by molar-refractivity contribution is 6.31. The summed E-state index contributed by atoms with van der Waals surface area (Å²) >= 11 is 6.24. The fraction of sp³-hybridized carbons (Fsp3) is 0.207. The van der Waals surface area contributed by atoms with Crippen molar-refractivity contribution in [2.45, 2.75) is 25.0 Å². The van der Waals surface area contributed by atoms with Crippen LogP contribution in [0, 0.1) is 5.82 Å². The molecule has 0 unspecified atom stereocenters. The van der Waals surface area contributed by atoms with Gasteiger partial charge in [-0.3, -0.25) is 9.59 Å². The number of Topliss-reactive ketones (excluding diaryl/α,β-unsaturated/α-hetero) is 1. The molecule has 1 saturated heterocycles. The zero-order chi connectivity index (χ0) is 25.7. The first-order chi connectivity index (χ1) is 17.8. The van der Waals surface area contributed by atoms with Crippen molar-refractivity contribution in [2.24, 2.45) is 0 Å². The molecular formula is C29H22ClFN2O4. The standard InChI is InChI=1S/C29H22ClFN2O4/c30-19-8-9-21-23(16-33(25(21)15-19)17-26(34)18-4-3-5-20(31)14-18)27(35)32-12-10-29(11-13-32)24-7-2-1-6-22(24)28(36)37-29/h1-9,14-16H,10-13,17H2. The van der Waals surface area contributed by atoms with E-state index >= 15 is 0 Å². The summed E-state index contributed by atoms with van der Waals surface area (Å²) in [5.74, 6) is -1.26. The molecule has 37 heavy (non-hydrogen) atoms. The number of benzene rings is 3. The van der Waals surface area contributed by atoms with E-state index in [0.29, 0.717) is 53.0 Å². The van der Waals surface area contributed by atoms with Gasteiger partial charge in [-0.1, -0.05) is 48.0 Å². The van der Waals surface area contributed by atoms with Crippen LogP contribution in [-0.4, -0.2) is 40.2 Å². The molecule has 0 bridgehead atoms. The zero-order valence-electron chi connectivity index (χ0n) is 19.7. The van der Waals surface area contributed by atoms with Crippen molar-refractivity contribution in [3.05, 3.63) is 106 Å². The van der Waals surface area contributed by atoms with E-state index in [1.165, 1.54) is 18.2 Å². The maximum Gasteiger partial charge on any atom is 0.339 e. The van der Waals surface area contributed by atoms with Crippen molar-refractivity contribution < 1.29 is 23.5 Å². The average molecular weight is 517 g/mol. The lowest BCUT2D eigenvalue weighted by molar-refractivity contribution is -0.0389. The third-order valence-corrected chi connectivity index (χ3v) is 7.55. The van der Waals surface area contributed by atoms with Crippen LogP contribution < -0.4 is 0 Å². The maximum atomic E-state index is 13.7. The number of halogens is 2. The summed E-state index contributed by atoms with van der Waals surface area (Å²) in [5, 5.41) is 1.16.